The zero-order valence-corrected chi connectivity index (χ0v) is 13.4. The molecule has 6 heteroatoms. The van der Waals surface area contributed by atoms with E-state index in [2.05, 4.69) is 20.8 Å². The third-order valence-corrected chi connectivity index (χ3v) is 4.15. The third kappa shape index (κ3) is 3.57. The van der Waals surface area contributed by atoms with E-state index in [0.717, 1.165) is 22.2 Å². The molecule has 2 amide bonds. The first-order chi connectivity index (χ1) is 10.2. The Morgan fingerprint density at radius 3 is 2.32 bits per heavy atom. The summed E-state index contributed by atoms with van der Waals surface area (Å²) in [6, 6.07) is 7.72. The average Bonchev–Trinajstić information content (AvgIpc) is 2.66. The average molecular weight is 319 g/mol. The second-order valence-corrected chi connectivity index (χ2v) is 7.03. The predicted molar refractivity (Wildman–Crippen MR) is 85.5 cm³/mol. The largest absolute Gasteiger partial charge is 0.480 e. The van der Waals surface area contributed by atoms with Gasteiger partial charge in [0.1, 0.15) is 6.54 Å². The highest BCUT2D eigenvalue weighted by Gasteiger charge is 2.36. The molecule has 116 valence electrons. The summed E-state index contributed by atoms with van der Waals surface area (Å²) in [7, 11) is 0. The smallest absolute Gasteiger partial charge is 0.323 e. The summed E-state index contributed by atoms with van der Waals surface area (Å²) in [4.78, 5) is 35.4. The molecule has 0 aliphatic carbocycles. The van der Waals surface area contributed by atoms with E-state index in [1.807, 2.05) is 24.3 Å². The molecule has 0 spiro atoms. The van der Waals surface area contributed by atoms with Crippen molar-refractivity contribution in [3.63, 3.8) is 0 Å². The highest BCUT2D eigenvalue weighted by atomic mass is 32.2. The van der Waals surface area contributed by atoms with Gasteiger partial charge in [-0.15, -0.1) is 0 Å². The number of carbonyl (C=O) groups excluding carboxylic acids is 2. The second-order valence-electron chi connectivity index (χ2n) is 6.03. The molecule has 0 unspecified atom stereocenters. The van der Waals surface area contributed by atoms with E-state index >= 15 is 0 Å². The molecule has 1 saturated heterocycles. The van der Waals surface area contributed by atoms with Crippen molar-refractivity contribution < 1.29 is 19.5 Å². The number of rotatable bonds is 3. The summed E-state index contributed by atoms with van der Waals surface area (Å²) in [5, 5.41) is 8.17. The summed E-state index contributed by atoms with van der Waals surface area (Å²) in [6.45, 7) is 5.72. The number of imide groups is 1. The lowest BCUT2D eigenvalue weighted by Crippen LogP contribution is -2.33. The van der Waals surface area contributed by atoms with Gasteiger partial charge < -0.3 is 5.11 Å². The molecular weight excluding hydrogens is 302 g/mol. The Kier molecular flexibility index (Phi) is 4.42. The van der Waals surface area contributed by atoms with Crippen LogP contribution in [0.3, 0.4) is 0 Å². The minimum absolute atomic E-state index is 0.0395. The zero-order chi connectivity index (χ0) is 16.5. The normalized spacial score (nSPS) is 17.4. The van der Waals surface area contributed by atoms with E-state index in [4.69, 9.17) is 5.11 Å². The number of nitrogens with zero attached hydrogens (tertiary/aromatic N) is 1. The molecule has 1 aromatic carbocycles. The number of amides is 2. The molecule has 0 aromatic heterocycles. The Balaban J connectivity index is 2.22. The van der Waals surface area contributed by atoms with Gasteiger partial charge in [0.05, 0.1) is 4.91 Å². The molecule has 0 atom stereocenters. The number of carbonyl (C=O) groups is 3. The van der Waals surface area contributed by atoms with Gasteiger partial charge in [0.2, 0.25) is 0 Å². The molecule has 1 N–H and O–H groups in total. The van der Waals surface area contributed by atoms with Crippen LogP contribution in [0.15, 0.2) is 29.2 Å². The number of benzene rings is 1. The number of carboxylic acids is 1. The molecule has 1 aliphatic rings. The van der Waals surface area contributed by atoms with Crippen molar-refractivity contribution in [1.82, 2.24) is 4.90 Å². The van der Waals surface area contributed by atoms with Crippen LogP contribution in [0.1, 0.15) is 31.9 Å². The molecular formula is C16H17NO4S. The monoisotopic (exact) mass is 319 g/mol. The van der Waals surface area contributed by atoms with Gasteiger partial charge in [-0.2, -0.15) is 0 Å². The van der Waals surface area contributed by atoms with Crippen molar-refractivity contribution >= 4 is 35.0 Å². The highest BCUT2D eigenvalue weighted by molar-refractivity contribution is 8.18. The summed E-state index contributed by atoms with van der Waals surface area (Å²) < 4.78 is 0. The lowest BCUT2D eigenvalue weighted by Gasteiger charge is -2.18. The van der Waals surface area contributed by atoms with Crippen molar-refractivity contribution in [2.24, 2.45) is 0 Å². The number of hydrogen-bond donors (Lipinski definition) is 1. The quantitative estimate of drug-likeness (QED) is 0.867. The Morgan fingerprint density at radius 1 is 1.23 bits per heavy atom. The molecule has 1 heterocycles. The van der Waals surface area contributed by atoms with E-state index in [9.17, 15) is 14.4 Å². The molecule has 0 saturated carbocycles. The first kappa shape index (κ1) is 16.3. The zero-order valence-electron chi connectivity index (χ0n) is 12.6. The molecule has 0 radical (unpaired) electrons. The fourth-order valence-corrected chi connectivity index (χ4v) is 2.84. The van der Waals surface area contributed by atoms with E-state index in [0.29, 0.717) is 0 Å². The second kappa shape index (κ2) is 5.96. The summed E-state index contributed by atoms with van der Waals surface area (Å²) in [6.07, 6.45) is 1.61. The van der Waals surface area contributed by atoms with Gasteiger partial charge in [0.15, 0.2) is 0 Å². The Hall–Kier alpha value is -2.08. The van der Waals surface area contributed by atoms with Gasteiger partial charge in [0.25, 0.3) is 11.1 Å². The van der Waals surface area contributed by atoms with Gasteiger partial charge in [-0.05, 0) is 34.4 Å². The number of thioether (sulfide) groups is 1. The van der Waals surface area contributed by atoms with Gasteiger partial charge in [-0.25, -0.2) is 0 Å². The maximum atomic E-state index is 12.0. The maximum Gasteiger partial charge on any atom is 0.323 e. The van der Waals surface area contributed by atoms with Crippen molar-refractivity contribution in [3.8, 4) is 0 Å². The minimum Gasteiger partial charge on any atom is -0.480 e. The van der Waals surface area contributed by atoms with Gasteiger partial charge in [-0.3, -0.25) is 19.3 Å². The van der Waals surface area contributed by atoms with E-state index in [1.54, 1.807) is 6.08 Å². The molecule has 0 bridgehead atoms. The first-order valence-electron chi connectivity index (χ1n) is 6.76. The van der Waals surface area contributed by atoms with Crippen LogP contribution in [-0.2, 0) is 15.0 Å². The van der Waals surface area contributed by atoms with Crippen molar-refractivity contribution in [3.05, 3.63) is 40.3 Å². The molecule has 2 rings (SSSR count). The topological polar surface area (TPSA) is 74.7 Å². The first-order valence-corrected chi connectivity index (χ1v) is 7.58. The molecule has 1 aliphatic heterocycles. The summed E-state index contributed by atoms with van der Waals surface area (Å²) >= 11 is 0.764. The van der Waals surface area contributed by atoms with Crippen LogP contribution in [0.2, 0.25) is 0 Å². The molecule has 1 fully saturated rings. The van der Waals surface area contributed by atoms with Gasteiger partial charge in [0, 0.05) is 0 Å². The third-order valence-electron chi connectivity index (χ3n) is 3.24. The lowest BCUT2D eigenvalue weighted by molar-refractivity contribution is -0.140. The molecule has 1 aromatic rings. The summed E-state index contributed by atoms with van der Waals surface area (Å²) in [5.41, 5.74) is 2.01. The van der Waals surface area contributed by atoms with Gasteiger partial charge >= 0.3 is 5.97 Å². The number of aliphatic carboxylic acids is 1. The van der Waals surface area contributed by atoms with Crippen molar-refractivity contribution in [2.45, 2.75) is 26.2 Å². The van der Waals surface area contributed by atoms with Crippen LogP contribution < -0.4 is 0 Å². The Morgan fingerprint density at radius 2 is 1.82 bits per heavy atom. The lowest BCUT2D eigenvalue weighted by atomic mass is 9.87. The maximum absolute atomic E-state index is 12.0. The standard InChI is InChI=1S/C16H17NO4S/c1-16(2,3)11-6-4-10(5-7-11)8-12-14(20)17(9-13(18)19)15(21)22-12/h4-8H,9H2,1-3H3,(H,18,19)/b12-8+. The van der Waals surface area contributed by atoms with Gasteiger partial charge in [-0.1, -0.05) is 45.0 Å². The van der Waals surface area contributed by atoms with E-state index < -0.39 is 23.7 Å². The van der Waals surface area contributed by atoms with Crippen LogP contribution in [-0.4, -0.2) is 33.7 Å². The fraction of sp³-hybridized carbons (Fsp3) is 0.312. The molecule has 5 nitrogen and oxygen atoms in total. The minimum atomic E-state index is -1.21. The van der Waals surface area contributed by atoms with Crippen LogP contribution in [0.5, 0.6) is 0 Å². The molecule has 22 heavy (non-hydrogen) atoms. The number of carboxylic acid groups (broad SMARTS) is 1. The fourth-order valence-electron chi connectivity index (χ4n) is 2.00. The van der Waals surface area contributed by atoms with Crippen LogP contribution in [0, 0.1) is 0 Å². The van der Waals surface area contributed by atoms with Crippen LogP contribution in [0.4, 0.5) is 4.79 Å². The van der Waals surface area contributed by atoms with Crippen molar-refractivity contribution in [2.75, 3.05) is 6.54 Å². The van der Waals surface area contributed by atoms with Crippen LogP contribution >= 0.6 is 11.8 Å². The van der Waals surface area contributed by atoms with E-state index in [1.165, 1.54) is 5.56 Å². The number of hydrogen-bond acceptors (Lipinski definition) is 4. The SMILES string of the molecule is CC(C)(C)c1ccc(/C=C2/SC(=O)N(CC(=O)O)C2=O)cc1. The van der Waals surface area contributed by atoms with Crippen molar-refractivity contribution in [1.29, 1.82) is 0 Å². The van der Waals surface area contributed by atoms with Crippen LogP contribution in [0.25, 0.3) is 6.08 Å². The highest BCUT2D eigenvalue weighted by Crippen LogP contribution is 2.32. The Labute approximate surface area is 133 Å². The Bertz CT molecular complexity index is 656. The predicted octanol–water partition coefficient (Wildman–Crippen LogP) is 3.11. The van der Waals surface area contributed by atoms with E-state index in [-0.39, 0.29) is 10.3 Å². The summed E-state index contributed by atoms with van der Waals surface area (Å²) in [5.74, 6) is -1.77.